The molecule has 1 saturated heterocycles. The van der Waals surface area contributed by atoms with Gasteiger partial charge >= 0.3 is 0 Å². The summed E-state index contributed by atoms with van der Waals surface area (Å²) in [5, 5.41) is 3.70. The molecule has 2 rings (SSSR count). The minimum absolute atomic E-state index is 0.705. The van der Waals surface area contributed by atoms with Crippen molar-refractivity contribution in [3.63, 3.8) is 0 Å². The SMILES string of the molecule is COCCN1CC(C2CC2)NCCC1C. The molecule has 2 aliphatic rings. The van der Waals surface area contributed by atoms with Gasteiger partial charge in [-0.2, -0.15) is 0 Å². The summed E-state index contributed by atoms with van der Waals surface area (Å²) in [6, 6.07) is 1.45. The van der Waals surface area contributed by atoms with Crippen LogP contribution in [0.15, 0.2) is 0 Å². The molecule has 3 heteroatoms. The lowest BCUT2D eigenvalue weighted by atomic mass is 10.1. The van der Waals surface area contributed by atoms with E-state index in [2.05, 4.69) is 17.1 Å². The summed E-state index contributed by atoms with van der Waals surface area (Å²) < 4.78 is 5.18. The first-order chi connectivity index (χ1) is 7.31. The van der Waals surface area contributed by atoms with Gasteiger partial charge in [0.2, 0.25) is 0 Å². The molecule has 1 N–H and O–H groups in total. The van der Waals surface area contributed by atoms with E-state index in [4.69, 9.17) is 4.74 Å². The molecule has 2 atom stereocenters. The number of nitrogens with one attached hydrogen (secondary N) is 1. The molecule has 0 bridgehead atoms. The fourth-order valence-electron chi connectivity index (χ4n) is 2.49. The van der Waals surface area contributed by atoms with Crippen LogP contribution in [0, 0.1) is 5.92 Å². The number of rotatable bonds is 4. The van der Waals surface area contributed by atoms with Gasteiger partial charge in [-0.1, -0.05) is 0 Å². The monoisotopic (exact) mass is 212 g/mol. The fraction of sp³-hybridized carbons (Fsp3) is 1.00. The van der Waals surface area contributed by atoms with Gasteiger partial charge in [0.1, 0.15) is 0 Å². The van der Waals surface area contributed by atoms with E-state index in [0.717, 1.165) is 25.1 Å². The summed E-state index contributed by atoms with van der Waals surface area (Å²) in [4.78, 5) is 2.59. The first kappa shape index (κ1) is 11.4. The van der Waals surface area contributed by atoms with Crippen molar-refractivity contribution >= 4 is 0 Å². The third kappa shape index (κ3) is 3.16. The highest BCUT2D eigenvalue weighted by atomic mass is 16.5. The van der Waals surface area contributed by atoms with Crippen LogP contribution in [0.4, 0.5) is 0 Å². The van der Waals surface area contributed by atoms with E-state index in [1.807, 2.05) is 0 Å². The minimum atomic E-state index is 0.705. The van der Waals surface area contributed by atoms with E-state index in [1.165, 1.54) is 32.4 Å². The first-order valence-electron chi connectivity index (χ1n) is 6.27. The van der Waals surface area contributed by atoms with Gasteiger partial charge in [-0.15, -0.1) is 0 Å². The Morgan fingerprint density at radius 1 is 1.33 bits per heavy atom. The van der Waals surface area contributed by atoms with E-state index < -0.39 is 0 Å². The standard InChI is InChI=1S/C12H24N2O/c1-10-5-6-13-12(11-3-4-11)9-14(10)7-8-15-2/h10-13H,3-9H2,1-2H3. The number of ether oxygens (including phenoxy) is 1. The topological polar surface area (TPSA) is 24.5 Å². The summed E-state index contributed by atoms with van der Waals surface area (Å²) >= 11 is 0. The minimum Gasteiger partial charge on any atom is -0.383 e. The quantitative estimate of drug-likeness (QED) is 0.755. The van der Waals surface area contributed by atoms with E-state index in [0.29, 0.717) is 6.04 Å². The second-order valence-electron chi connectivity index (χ2n) is 5.02. The number of nitrogens with zero attached hydrogens (tertiary/aromatic N) is 1. The van der Waals surface area contributed by atoms with E-state index in [-0.39, 0.29) is 0 Å². The average Bonchev–Trinajstić information content (AvgIpc) is 3.03. The zero-order valence-electron chi connectivity index (χ0n) is 10.0. The Labute approximate surface area is 93.2 Å². The van der Waals surface area contributed by atoms with Crippen LogP contribution >= 0.6 is 0 Å². The highest BCUT2D eigenvalue weighted by Crippen LogP contribution is 2.33. The van der Waals surface area contributed by atoms with Crippen molar-refractivity contribution < 1.29 is 4.74 Å². The van der Waals surface area contributed by atoms with Gasteiger partial charge in [-0.25, -0.2) is 0 Å². The molecule has 0 aromatic carbocycles. The van der Waals surface area contributed by atoms with Crippen molar-refractivity contribution in [2.45, 2.75) is 38.3 Å². The Morgan fingerprint density at radius 3 is 2.80 bits per heavy atom. The predicted octanol–water partition coefficient (Wildman–Crippen LogP) is 1.10. The van der Waals surface area contributed by atoms with E-state index >= 15 is 0 Å². The maximum atomic E-state index is 5.18. The van der Waals surface area contributed by atoms with Gasteiger partial charge in [-0.3, -0.25) is 4.90 Å². The molecule has 0 spiro atoms. The molecule has 88 valence electrons. The smallest absolute Gasteiger partial charge is 0.0589 e. The third-order valence-electron chi connectivity index (χ3n) is 3.80. The Hall–Kier alpha value is -0.120. The molecule has 1 aliphatic carbocycles. The molecule has 2 fully saturated rings. The second kappa shape index (κ2) is 5.28. The lowest BCUT2D eigenvalue weighted by Gasteiger charge is -2.28. The molecule has 0 aromatic heterocycles. The highest BCUT2D eigenvalue weighted by Gasteiger charge is 2.34. The van der Waals surface area contributed by atoms with Crippen molar-refractivity contribution in [2.24, 2.45) is 5.92 Å². The Bertz CT molecular complexity index is 194. The molecule has 1 saturated carbocycles. The van der Waals surface area contributed by atoms with Gasteiger partial charge in [0.05, 0.1) is 6.61 Å². The molecule has 15 heavy (non-hydrogen) atoms. The Balaban J connectivity index is 1.86. The normalized spacial score (nSPS) is 34.0. The third-order valence-corrected chi connectivity index (χ3v) is 3.80. The molecule has 3 nitrogen and oxygen atoms in total. The van der Waals surface area contributed by atoms with Crippen molar-refractivity contribution in [1.29, 1.82) is 0 Å². The van der Waals surface area contributed by atoms with Crippen LogP contribution in [0.25, 0.3) is 0 Å². The van der Waals surface area contributed by atoms with Crippen molar-refractivity contribution in [3.8, 4) is 0 Å². The molecular weight excluding hydrogens is 188 g/mol. The summed E-state index contributed by atoms with van der Waals surface area (Å²) in [5.74, 6) is 0.959. The van der Waals surface area contributed by atoms with Crippen LogP contribution in [-0.2, 0) is 4.74 Å². The number of hydrogen-bond donors (Lipinski definition) is 1. The molecule has 0 amide bonds. The van der Waals surface area contributed by atoms with Crippen molar-refractivity contribution in [2.75, 3.05) is 33.4 Å². The van der Waals surface area contributed by atoms with Gasteiger partial charge in [0.25, 0.3) is 0 Å². The first-order valence-corrected chi connectivity index (χ1v) is 6.27. The summed E-state index contributed by atoms with van der Waals surface area (Å²) in [7, 11) is 1.79. The Kier molecular flexibility index (Phi) is 4.00. The molecular formula is C12H24N2O. The van der Waals surface area contributed by atoms with Crippen LogP contribution in [0.2, 0.25) is 0 Å². The summed E-state index contributed by atoms with van der Waals surface area (Å²) in [6.07, 6.45) is 4.14. The van der Waals surface area contributed by atoms with Crippen molar-refractivity contribution in [1.82, 2.24) is 10.2 Å². The number of hydrogen-bond acceptors (Lipinski definition) is 3. The average molecular weight is 212 g/mol. The summed E-state index contributed by atoms with van der Waals surface area (Å²) in [5.41, 5.74) is 0. The number of methoxy groups -OCH3 is 1. The largest absolute Gasteiger partial charge is 0.383 e. The zero-order chi connectivity index (χ0) is 10.7. The molecule has 1 aliphatic heterocycles. The lowest BCUT2D eigenvalue weighted by Crippen LogP contribution is -2.42. The van der Waals surface area contributed by atoms with Crippen LogP contribution in [-0.4, -0.2) is 50.3 Å². The predicted molar refractivity (Wildman–Crippen MR) is 62.0 cm³/mol. The van der Waals surface area contributed by atoms with Gasteiger partial charge in [0.15, 0.2) is 0 Å². The van der Waals surface area contributed by atoms with E-state index in [9.17, 15) is 0 Å². The lowest BCUT2D eigenvalue weighted by molar-refractivity contribution is 0.121. The van der Waals surface area contributed by atoms with Crippen LogP contribution in [0.1, 0.15) is 26.2 Å². The maximum Gasteiger partial charge on any atom is 0.0589 e. The van der Waals surface area contributed by atoms with Gasteiger partial charge < -0.3 is 10.1 Å². The van der Waals surface area contributed by atoms with Crippen LogP contribution < -0.4 is 5.32 Å². The van der Waals surface area contributed by atoms with Gasteiger partial charge in [-0.05, 0) is 38.6 Å². The fourth-order valence-corrected chi connectivity index (χ4v) is 2.49. The second-order valence-corrected chi connectivity index (χ2v) is 5.02. The van der Waals surface area contributed by atoms with Crippen LogP contribution in [0.3, 0.4) is 0 Å². The van der Waals surface area contributed by atoms with Crippen LogP contribution in [0.5, 0.6) is 0 Å². The molecule has 1 heterocycles. The molecule has 0 radical (unpaired) electrons. The summed E-state index contributed by atoms with van der Waals surface area (Å²) in [6.45, 7) is 6.69. The van der Waals surface area contributed by atoms with E-state index in [1.54, 1.807) is 7.11 Å². The maximum absolute atomic E-state index is 5.18. The van der Waals surface area contributed by atoms with Gasteiger partial charge in [0, 0.05) is 32.3 Å². The zero-order valence-corrected chi connectivity index (χ0v) is 10.0. The molecule has 2 unspecified atom stereocenters. The van der Waals surface area contributed by atoms with Crippen molar-refractivity contribution in [3.05, 3.63) is 0 Å². The highest BCUT2D eigenvalue weighted by molar-refractivity contribution is 4.91. The Morgan fingerprint density at radius 2 is 2.13 bits per heavy atom. The molecule has 0 aromatic rings.